The van der Waals surface area contributed by atoms with Gasteiger partial charge in [-0.3, -0.25) is 24.4 Å². The minimum absolute atomic E-state index is 0.00443. The minimum Gasteiger partial charge on any atom is -0.447 e. The number of rotatable bonds is 8. The number of esters is 1. The molecule has 32 heavy (non-hydrogen) atoms. The van der Waals surface area contributed by atoms with Crippen molar-refractivity contribution in [2.45, 2.75) is 32.9 Å². The lowest BCUT2D eigenvalue weighted by atomic mass is 10.1. The van der Waals surface area contributed by atoms with Gasteiger partial charge in [0.15, 0.2) is 0 Å². The number of nitrogens with zero attached hydrogens (tertiary/aromatic N) is 3. The third kappa shape index (κ3) is 5.70. The highest BCUT2D eigenvalue weighted by Crippen LogP contribution is 2.28. The van der Waals surface area contributed by atoms with Crippen LogP contribution in [0.2, 0.25) is 5.02 Å². The number of ether oxygens (including phenoxy) is 1. The van der Waals surface area contributed by atoms with Crippen molar-refractivity contribution < 1.29 is 19.2 Å². The first-order valence-electron chi connectivity index (χ1n) is 9.75. The zero-order chi connectivity index (χ0) is 23.3. The standard InChI is InChI=1S/C22H21ClN4O5/c1-14-12-15(2)26(25-14)11-10-20(28)32-21(16-6-4-3-5-7-16)22(29)24-19-9-8-17(27(30)31)13-18(19)23/h3-9,12-13,21H,10-11H2,1-2H3,(H,24,29). The van der Waals surface area contributed by atoms with Gasteiger partial charge in [-0.2, -0.15) is 5.10 Å². The monoisotopic (exact) mass is 456 g/mol. The zero-order valence-corrected chi connectivity index (χ0v) is 18.2. The SMILES string of the molecule is Cc1cc(C)n(CCC(=O)OC(C(=O)Nc2ccc([N+](=O)[O-])cc2Cl)c2ccccc2)n1. The van der Waals surface area contributed by atoms with Crippen LogP contribution in [0.4, 0.5) is 11.4 Å². The Balaban J connectivity index is 1.74. The number of carbonyl (C=O) groups is 2. The van der Waals surface area contributed by atoms with Gasteiger partial charge in [-0.25, -0.2) is 0 Å². The number of benzene rings is 2. The van der Waals surface area contributed by atoms with Gasteiger partial charge in [0.05, 0.1) is 34.3 Å². The number of aromatic nitrogens is 2. The first-order valence-corrected chi connectivity index (χ1v) is 10.1. The molecule has 3 aromatic rings. The number of hydrogen-bond donors (Lipinski definition) is 1. The van der Waals surface area contributed by atoms with E-state index in [2.05, 4.69) is 10.4 Å². The second-order valence-electron chi connectivity index (χ2n) is 7.09. The van der Waals surface area contributed by atoms with Gasteiger partial charge < -0.3 is 10.1 Å². The molecule has 10 heteroatoms. The maximum atomic E-state index is 13.0. The molecule has 0 bridgehead atoms. The van der Waals surface area contributed by atoms with Crippen molar-refractivity contribution in [3.63, 3.8) is 0 Å². The highest BCUT2D eigenvalue weighted by Gasteiger charge is 2.26. The predicted octanol–water partition coefficient (Wildman–Crippen LogP) is 4.37. The summed E-state index contributed by atoms with van der Waals surface area (Å²) in [5.74, 6) is -1.21. The number of nitro groups is 1. The molecule has 1 atom stereocenters. The second kappa shape index (κ2) is 10.1. The van der Waals surface area contributed by atoms with E-state index in [0.717, 1.165) is 17.5 Å². The van der Waals surface area contributed by atoms with Crippen LogP contribution >= 0.6 is 11.6 Å². The normalized spacial score (nSPS) is 11.6. The summed E-state index contributed by atoms with van der Waals surface area (Å²) in [6, 6.07) is 14.1. The summed E-state index contributed by atoms with van der Waals surface area (Å²) in [5, 5.41) is 17.8. The molecule has 9 nitrogen and oxygen atoms in total. The number of hydrogen-bond acceptors (Lipinski definition) is 6. The second-order valence-corrected chi connectivity index (χ2v) is 7.50. The predicted molar refractivity (Wildman–Crippen MR) is 118 cm³/mol. The van der Waals surface area contributed by atoms with Crippen LogP contribution in [0.15, 0.2) is 54.6 Å². The summed E-state index contributed by atoms with van der Waals surface area (Å²) in [5.41, 5.74) is 2.20. The molecule has 1 aromatic heterocycles. The van der Waals surface area contributed by atoms with Gasteiger partial charge in [0.25, 0.3) is 11.6 Å². The van der Waals surface area contributed by atoms with Gasteiger partial charge in [0.1, 0.15) is 0 Å². The van der Waals surface area contributed by atoms with E-state index in [-0.39, 0.29) is 22.8 Å². The highest BCUT2D eigenvalue weighted by atomic mass is 35.5. The van der Waals surface area contributed by atoms with Gasteiger partial charge in [-0.05, 0) is 26.0 Å². The van der Waals surface area contributed by atoms with Crippen molar-refractivity contribution in [1.29, 1.82) is 0 Å². The molecule has 0 saturated heterocycles. The van der Waals surface area contributed by atoms with Crippen molar-refractivity contribution in [1.82, 2.24) is 9.78 Å². The maximum absolute atomic E-state index is 13.0. The summed E-state index contributed by atoms with van der Waals surface area (Å²) in [7, 11) is 0. The minimum atomic E-state index is -1.23. The third-order valence-electron chi connectivity index (χ3n) is 4.64. The molecule has 1 heterocycles. The molecular formula is C22H21ClN4O5. The van der Waals surface area contributed by atoms with Crippen LogP contribution in [0, 0.1) is 24.0 Å². The molecule has 0 aliphatic carbocycles. The molecule has 2 aromatic carbocycles. The summed E-state index contributed by atoms with van der Waals surface area (Å²) < 4.78 is 7.20. The molecule has 0 saturated carbocycles. The summed E-state index contributed by atoms with van der Waals surface area (Å²) in [6.45, 7) is 4.07. The van der Waals surface area contributed by atoms with E-state index < -0.39 is 22.9 Å². The Bertz CT molecular complexity index is 1150. The highest BCUT2D eigenvalue weighted by molar-refractivity contribution is 6.34. The molecule has 0 fully saturated rings. The Kier molecular flexibility index (Phi) is 7.21. The third-order valence-corrected chi connectivity index (χ3v) is 4.95. The van der Waals surface area contributed by atoms with Crippen LogP contribution in [0.1, 0.15) is 29.5 Å². The first kappa shape index (κ1) is 23.0. The lowest BCUT2D eigenvalue weighted by Gasteiger charge is -2.18. The molecule has 1 unspecified atom stereocenters. The maximum Gasteiger partial charge on any atom is 0.308 e. The van der Waals surface area contributed by atoms with Crippen molar-refractivity contribution in [2.75, 3.05) is 5.32 Å². The Morgan fingerprint density at radius 1 is 1.19 bits per heavy atom. The van der Waals surface area contributed by atoms with Crippen LogP contribution < -0.4 is 5.32 Å². The summed E-state index contributed by atoms with van der Waals surface area (Å²) in [6.07, 6.45) is -1.20. The quantitative estimate of drug-likeness (QED) is 0.305. The number of amides is 1. The van der Waals surface area contributed by atoms with Gasteiger partial charge in [0, 0.05) is 23.4 Å². The van der Waals surface area contributed by atoms with Gasteiger partial charge in [0.2, 0.25) is 6.10 Å². The Labute approximate surface area is 189 Å². The largest absolute Gasteiger partial charge is 0.447 e. The van der Waals surface area contributed by atoms with Crippen molar-refractivity contribution >= 4 is 34.9 Å². The Hall–Kier alpha value is -3.72. The lowest BCUT2D eigenvalue weighted by molar-refractivity contribution is -0.384. The van der Waals surface area contributed by atoms with Crippen molar-refractivity contribution in [2.24, 2.45) is 0 Å². The molecule has 0 aliphatic heterocycles. The van der Waals surface area contributed by atoms with E-state index in [9.17, 15) is 19.7 Å². The molecule has 0 aliphatic rings. The summed E-state index contributed by atoms with van der Waals surface area (Å²) in [4.78, 5) is 35.8. The molecule has 0 radical (unpaired) electrons. The molecule has 1 N–H and O–H groups in total. The Morgan fingerprint density at radius 2 is 1.91 bits per heavy atom. The number of nitrogens with one attached hydrogen (secondary N) is 1. The fraction of sp³-hybridized carbons (Fsp3) is 0.227. The lowest BCUT2D eigenvalue weighted by Crippen LogP contribution is -2.26. The number of anilines is 1. The van der Waals surface area contributed by atoms with Crippen LogP contribution in [0.25, 0.3) is 0 Å². The molecule has 166 valence electrons. The van der Waals surface area contributed by atoms with Crippen LogP contribution in [-0.2, 0) is 20.9 Å². The smallest absolute Gasteiger partial charge is 0.308 e. The molecular weight excluding hydrogens is 436 g/mol. The van der Waals surface area contributed by atoms with Gasteiger partial charge in [-0.1, -0.05) is 41.9 Å². The van der Waals surface area contributed by atoms with Gasteiger partial charge in [-0.15, -0.1) is 0 Å². The first-order chi connectivity index (χ1) is 15.2. The van der Waals surface area contributed by atoms with E-state index in [1.165, 1.54) is 12.1 Å². The van der Waals surface area contributed by atoms with Crippen molar-refractivity contribution in [3.05, 3.63) is 86.7 Å². The fourth-order valence-corrected chi connectivity index (χ4v) is 3.33. The zero-order valence-electron chi connectivity index (χ0n) is 17.4. The number of non-ortho nitro benzene ring substituents is 1. The van der Waals surface area contributed by atoms with Gasteiger partial charge >= 0.3 is 5.97 Å². The number of aryl methyl sites for hydroxylation is 3. The molecule has 1 amide bonds. The number of carbonyl (C=O) groups excluding carboxylic acids is 2. The van der Waals surface area contributed by atoms with E-state index in [1.54, 1.807) is 35.0 Å². The Morgan fingerprint density at radius 3 is 2.50 bits per heavy atom. The van der Waals surface area contributed by atoms with Crippen LogP contribution in [-0.4, -0.2) is 26.6 Å². The van der Waals surface area contributed by atoms with E-state index in [4.69, 9.17) is 16.3 Å². The van der Waals surface area contributed by atoms with Crippen LogP contribution in [0.3, 0.4) is 0 Å². The van der Waals surface area contributed by atoms with E-state index in [1.807, 2.05) is 19.9 Å². The molecule has 3 rings (SSSR count). The molecule has 0 spiro atoms. The average Bonchev–Trinajstić information content (AvgIpc) is 3.09. The average molecular weight is 457 g/mol. The van der Waals surface area contributed by atoms with Crippen LogP contribution in [0.5, 0.6) is 0 Å². The van der Waals surface area contributed by atoms with E-state index >= 15 is 0 Å². The number of halogens is 1. The van der Waals surface area contributed by atoms with E-state index in [0.29, 0.717) is 12.1 Å². The number of nitro benzene ring substituents is 1. The van der Waals surface area contributed by atoms with Crippen molar-refractivity contribution in [3.8, 4) is 0 Å². The fourth-order valence-electron chi connectivity index (χ4n) is 3.11. The topological polar surface area (TPSA) is 116 Å². The summed E-state index contributed by atoms with van der Waals surface area (Å²) >= 11 is 6.07.